The van der Waals surface area contributed by atoms with Gasteiger partial charge in [-0.1, -0.05) is 11.6 Å². The topological polar surface area (TPSA) is 102 Å². The Kier molecular flexibility index (Phi) is 4.04. The summed E-state index contributed by atoms with van der Waals surface area (Å²) in [4.78, 5) is 27.8. The van der Waals surface area contributed by atoms with E-state index in [9.17, 15) is 14.9 Å². The summed E-state index contributed by atoms with van der Waals surface area (Å²) in [5.41, 5.74) is 5.60. The smallest absolute Gasteiger partial charge is 0.294 e. The Hall–Kier alpha value is -2.67. The summed E-state index contributed by atoms with van der Waals surface area (Å²) in [5, 5.41) is 10.9. The number of aromatic nitrogens is 1. The van der Waals surface area contributed by atoms with Gasteiger partial charge in [-0.05, 0) is 18.2 Å². The van der Waals surface area contributed by atoms with Crippen LogP contribution in [0, 0.1) is 10.1 Å². The van der Waals surface area contributed by atoms with E-state index in [1.165, 1.54) is 24.2 Å². The summed E-state index contributed by atoms with van der Waals surface area (Å²) in [6.07, 6.45) is 3.08. The van der Waals surface area contributed by atoms with Gasteiger partial charge in [0.1, 0.15) is 5.69 Å². The fourth-order valence-electron chi connectivity index (χ4n) is 1.74. The van der Waals surface area contributed by atoms with Crippen LogP contribution in [0.15, 0.2) is 36.7 Å². The average Bonchev–Trinajstić information content (AvgIpc) is 2.49. The zero-order chi connectivity index (χ0) is 15.6. The molecule has 2 rings (SSSR count). The molecule has 0 aliphatic carbocycles. The molecule has 7 nitrogen and oxygen atoms in total. The minimum absolute atomic E-state index is 0.0351. The number of nitro groups is 1. The largest absolute Gasteiger partial charge is 0.392 e. The maximum atomic E-state index is 12.4. The first-order chi connectivity index (χ1) is 9.91. The Labute approximate surface area is 125 Å². The molecule has 108 valence electrons. The molecule has 0 atom stereocenters. The number of amides is 1. The number of benzene rings is 1. The van der Waals surface area contributed by atoms with Crippen molar-refractivity contribution < 1.29 is 9.72 Å². The van der Waals surface area contributed by atoms with Gasteiger partial charge in [-0.3, -0.25) is 19.9 Å². The second kappa shape index (κ2) is 5.76. The van der Waals surface area contributed by atoms with Crippen molar-refractivity contribution in [1.82, 2.24) is 4.98 Å². The molecule has 0 bridgehead atoms. The minimum Gasteiger partial charge on any atom is -0.392 e. The van der Waals surface area contributed by atoms with Crippen LogP contribution in [0.4, 0.5) is 17.1 Å². The molecule has 1 aromatic heterocycles. The van der Waals surface area contributed by atoms with Crippen LogP contribution >= 0.6 is 11.6 Å². The molecule has 0 saturated carbocycles. The third-order valence-electron chi connectivity index (χ3n) is 2.89. The van der Waals surface area contributed by atoms with Crippen molar-refractivity contribution in [2.75, 3.05) is 17.7 Å². The van der Waals surface area contributed by atoms with E-state index in [1.807, 2.05) is 0 Å². The van der Waals surface area contributed by atoms with Gasteiger partial charge in [0, 0.05) is 24.9 Å². The predicted molar refractivity (Wildman–Crippen MR) is 79.5 cm³/mol. The zero-order valence-corrected chi connectivity index (χ0v) is 11.7. The summed E-state index contributed by atoms with van der Waals surface area (Å²) in [5.74, 6) is -0.451. The van der Waals surface area contributed by atoms with Crippen LogP contribution in [0.5, 0.6) is 0 Å². The van der Waals surface area contributed by atoms with E-state index in [2.05, 4.69) is 4.98 Å². The number of nitrogens with two attached hydrogens (primary N) is 1. The van der Waals surface area contributed by atoms with E-state index < -0.39 is 16.5 Å². The summed E-state index contributed by atoms with van der Waals surface area (Å²) in [6.45, 7) is 0. The molecule has 2 aromatic rings. The Bertz CT molecular complexity index is 706. The van der Waals surface area contributed by atoms with Crippen molar-refractivity contribution in [3.05, 3.63) is 57.4 Å². The van der Waals surface area contributed by atoms with Gasteiger partial charge < -0.3 is 10.6 Å². The van der Waals surface area contributed by atoms with Crippen LogP contribution in [-0.4, -0.2) is 22.9 Å². The van der Waals surface area contributed by atoms with Gasteiger partial charge >= 0.3 is 0 Å². The van der Waals surface area contributed by atoms with Crippen LogP contribution in [0.25, 0.3) is 0 Å². The van der Waals surface area contributed by atoms with Gasteiger partial charge in [0.25, 0.3) is 11.6 Å². The number of carbonyl (C=O) groups is 1. The fourth-order valence-corrected chi connectivity index (χ4v) is 1.96. The van der Waals surface area contributed by atoms with Crippen LogP contribution in [0.2, 0.25) is 5.02 Å². The maximum Gasteiger partial charge on any atom is 0.294 e. The van der Waals surface area contributed by atoms with E-state index in [-0.39, 0.29) is 16.3 Å². The molecule has 0 saturated heterocycles. The SMILES string of the molecule is CN(C(=O)c1cc(Cl)c(N)c([N+](=O)[O-])c1)c1cccnc1. The highest BCUT2D eigenvalue weighted by Crippen LogP contribution is 2.31. The second-order valence-corrected chi connectivity index (χ2v) is 4.63. The number of hydrogen-bond donors (Lipinski definition) is 1. The molecule has 0 aliphatic rings. The maximum absolute atomic E-state index is 12.4. The number of hydrogen-bond acceptors (Lipinski definition) is 5. The van der Waals surface area contributed by atoms with Crippen LogP contribution in [0.1, 0.15) is 10.4 Å². The van der Waals surface area contributed by atoms with Gasteiger partial charge in [-0.25, -0.2) is 0 Å². The van der Waals surface area contributed by atoms with Gasteiger partial charge in [-0.15, -0.1) is 0 Å². The monoisotopic (exact) mass is 306 g/mol. The molecule has 0 spiro atoms. The molecule has 0 fully saturated rings. The highest BCUT2D eigenvalue weighted by Gasteiger charge is 2.21. The van der Waals surface area contributed by atoms with Crippen molar-refractivity contribution in [2.45, 2.75) is 0 Å². The van der Waals surface area contributed by atoms with Crippen molar-refractivity contribution in [3.8, 4) is 0 Å². The van der Waals surface area contributed by atoms with Crippen molar-refractivity contribution in [1.29, 1.82) is 0 Å². The number of nitro benzene ring substituents is 1. The van der Waals surface area contributed by atoms with E-state index in [0.717, 1.165) is 6.07 Å². The lowest BCUT2D eigenvalue weighted by Gasteiger charge is -2.17. The van der Waals surface area contributed by atoms with Gasteiger partial charge in [0.15, 0.2) is 0 Å². The molecule has 0 unspecified atom stereocenters. The number of rotatable bonds is 3. The molecule has 1 amide bonds. The number of carbonyl (C=O) groups excluding carboxylic acids is 1. The lowest BCUT2D eigenvalue weighted by Crippen LogP contribution is -2.26. The summed E-state index contributed by atoms with van der Waals surface area (Å²) >= 11 is 5.85. The van der Waals surface area contributed by atoms with Gasteiger partial charge in [-0.2, -0.15) is 0 Å². The van der Waals surface area contributed by atoms with E-state index in [4.69, 9.17) is 17.3 Å². The number of anilines is 2. The van der Waals surface area contributed by atoms with Gasteiger partial charge in [0.2, 0.25) is 0 Å². The Morgan fingerprint density at radius 1 is 1.48 bits per heavy atom. The van der Waals surface area contributed by atoms with Crippen molar-refractivity contribution in [3.63, 3.8) is 0 Å². The summed E-state index contributed by atoms with van der Waals surface area (Å²) in [7, 11) is 1.54. The Morgan fingerprint density at radius 2 is 2.19 bits per heavy atom. The zero-order valence-electron chi connectivity index (χ0n) is 11.0. The Balaban J connectivity index is 2.42. The highest BCUT2D eigenvalue weighted by atomic mass is 35.5. The number of pyridine rings is 1. The van der Waals surface area contributed by atoms with Crippen molar-refractivity contribution in [2.24, 2.45) is 0 Å². The summed E-state index contributed by atoms with van der Waals surface area (Å²) in [6, 6.07) is 5.78. The minimum atomic E-state index is -0.679. The second-order valence-electron chi connectivity index (χ2n) is 4.22. The van der Waals surface area contributed by atoms with Crippen LogP contribution in [0.3, 0.4) is 0 Å². The molecule has 1 aromatic carbocycles. The molecule has 0 radical (unpaired) electrons. The Morgan fingerprint density at radius 3 is 2.76 bits per heavy atom. The third-order valence-corrected chi connectivity index (χ3v) is 3.20. The van der Waals surface area contributed by atoms with Gasteiger partial charge in [0.05, 0.1) is 21.8 Å². The molecular formula is C13H11ClN4O3. The van der Waals surface area contributed by atoms with E-state index in [1.54, 1.807) is 18.3 Å². The fraction of sp³-hybridized carbons (Fsp3) is 0.0769. The first-order valence-electron chi connectivity index (χ1n) is 5.83. The quantitative estimate of drug-likeness (QED) is 0.533. The lowest BCUT2D eigenvalue weighted by atomic mass is 10.1. The van der Waals surface area contributed by atoms with E-state index in [0.29, 0.717) is 5.69 Å². The normalized spacial score (nSPS) is 10.2. The standard InChI is InChI=1S/C13H11ClN4O3/c1-17(9-3-2-4-16-7-9)13(19)8-5-10(14)12(15)11(6-8)18(20)21/h2-7H,15H2,1H3. The first kappa shape index (κ1) is 14.7. The molecule has 1 heterocycles. The lowest BCUT2D eigenvalue weighted by molar-refractivity contribution is -0.383. The van der Waals surface area contributed by atoms with Crippen LogP contribution < -0.4 is 10.6 Å². The molecule has 0 aliphatic heterocycles. The number of halogens is 1. The summed E-state index contributed by atoms with van der Waals surface area (Å²) < 4.78 is 0. The number of nitrogens with zero attached hydrogens (tertiary/aromatic N) is 3. The predicted octanol–water partition coefficient (Wildman–Crippen LogP) is 2.50. The average molecular weight is 307 g/mol. The first-order valence-corrected chi connectivity index (χ1v) is 6.21. The molecule has 2 N–H and O–H groups in total. The molecule has 21 heavy (non-hydrogen) atoms. The highest BCUT2D eigenvalue weighted by molar-refractivity contribution is 6.34. The number of nitrogen functional groups attached to an aromatic ring is 1. The molecule has 8 heteroatoms. The molecular weight excluding hydrogens is 296 g/mol. The van der Waals surface area contributed by atoms with Crippen molar-refractivity contribution >= 4 is 34.6 Å². The third kappa shape index (κ3) is 2.92. The van der Waals surface area contributed by atoms with E-state index >= 15 is 0 Å². The van der Waals surface area contributed by atoms with Crippen LogP contribution in [-0.2, 0) is 0 Å².